The Morgan fingerprint density at radius 2 is 1.93 bits per heavy atom. The Labute approximate surface area is 162 Å². The zero-order chi connectivity index (χ0) is 18.6. The lowest BCUT2D eigenvalue weighted by Crippen LogP contribution is -2.25. The molecule has 0 saturated heterocycles. The summed E-state index contributed by atoms with van der Waals surface area (Å²) >= 11 is 1.68. The van der Waals surface area contributed by atoms with E-state index in [-0.39, 0.29) is 0 Å². The summed E-state index contributed by atoms with van der Waals surface area (Å²) in [6, 6.07) is 13.7. The van der Waals surface area contributed by atoms with Gasteiger partial charge in [0.2, 0.25) is 0 Å². The van der Waals surface area contributed by atoms with E-state index >= 15 is 0 Å². The first-order chi connectivity index (χ1) is 13.2. The molecule has 4 aromatic rings. The number of likely N-dealkylation sites (N-methyl/N-ethyl adjacent to an activating group) is 1. The molecule has 0 fully saturated rings. The number of ether oxygens (including phenoxy) is 1. The number of rotatable bonds is 6. The van der Waals surface area contributed by atoms with E-state index in [0.29, 0.717) is 12.4 Å². The van der Waals surface area contributed by atoms with Gasteiger partial charge in [0.25, 0.3) is 0 Å². The number of para-hydroxylation sites is 1. The minimum Gasteiger partial charge on any atom is -0.492 e. The Bertz CT molecular complexity index is 1030. The van der Waals surface area contributed by atoms with Gasteiger partial charge in [-0.05, 0) is 42.1 Å². The Balaban J connectivity index is 1.61. The average molecular weight is 376 g/mol. The SMILES string of the molecule is Cc1csc2c(N(C)CCOc3ccccc3)nc(-c3cccnc3)nc12. The van der Waals surface area contributed by atoms with Crippen LogP contribution in [0.2, 0.25) is 0 Å². The monoisotopic (exact) mass is 376 g/mol. The van der Waals surface area contributed by atoms with Gasteiger partial charge in [0.1, 0.15) is 12.4 Å². The third kappa shape index (κ3) is 3.75. The first-order valence-corrected chi connectivity index (χ1v) is 9.65. The van der Waals surface area contributed by atoms with Crippen LogP contribution in [0.4, 0.5) is 5.82 Å². The summed E-state index contributed by atoms with van der Waals surface area (Å²) in [6.45, 7) is 3.39. The number of thiophene rings is 1. The number of nitrogens with zero attached hydrogens (tertiary/aromatic N) is 4. The van der Waals surface area contributed by atoms with Crippen molar-refractivity contribution in [1.29, 1.82) is 0 Å². The van der Waals surface area contributed by atoms with E-state index in [1.54, 1.807) is 23.7 Å². The molecule has 0 unspecified atom stereocenters. The molecule has 0 aliphatic carbocycles. The second-order valence-corrected chi connectivity index (χ2v) is 7.17. The molecule has 0 N–H and O–H groups in total. The number of pyridine rings is 1. The number of anilines is 1. The maximum atomic E-state index is 5.84. The maximum absolute atomic E-state index is 5.84. The Kier molecular flexibility index (Phi) is 4.98. The van der Waals surface area contributed by atoms with Crippen molar-refractivity contribution in [2.75, 3.05) is 25.1 Å². The van der Waals surface area contributed by atoms with Gasteiger partial charge in [-0.1, -0.05) is 18.2 Å². The van der Waals surface area contributed by atoms with Crippen LogP contribution < -0.4 is 9.64 Å². The van der Waals surface area contributed by atoms with Crippen molar-refractivity contribution < 1.29 is 4.74 Å². The van der Waals surface area contributed by atoms with Crippen LogP contribution in [0.25, 0.3) is 21.6 Å². The van der Waals surface area contributed by atoms with E-state index in [9.17, 15) is 0 Å². The van der Waals surface area contributed by atoms with Gasteiger partial charge >= 0.3 is 0 Å². The summed E-state index contributed by atoms with van der Waals surface area (Å²) in [4.78, 5) is 15.9. The fraction of sp³-hybridized carbons (Fsp3) is 0.190. The molecule has 3 aromatic heterocycles. The second kappa shape index (κ2) is 7.72. The van der Waals surface area contributed by atoms with Gasteiger partial charge in [0, 0.05) is 25.0 Å². The van der Waals surface area contributed by atoms with Gasteiger partial charge < -0.3 is 9.64 Å². The van der Waals surface area contributed by atoms with Crippen LogP contribution in [0.1, 0.15) is 5.56 Å². The van der Waals surface area contributed by atoms with Crippen molar-refractivity contribution in [2.45, 2.75) is 6.92 Å². The number of hydrogen-bond acceptors (Lipinski definition) is 6. The Morgan fingerprint density at radius 1 is 1.07 bits per heavy atom. The summed E-state index contributed by atoms with van der Waals surface area (Å²) in [6.07, 6.45) is 3.55. The zero-order valence-electron chi connectivity index (χ0n) is 15.3. The van der Waals surface area contributed by atoms with Crippen molar-refractivity contribution in [1.82, 2.24) is 15.0 Å². The molecule has 0 aliphatic heterocycles. The molecule has 0 aliphatic rings. The highest BCUT2D eigenvalue weighted by Gasteiger charge is 2.16. The van der Waals surface area contributed by atoms with Crippen LogP contribution in [-0.4, -0.2) is 35.2 Å². The van der Waals surface area contributed by atoms with Crippen molar-refractivity contribution >= 4 is 27.4 Å². The van der Waals surface area contributed by atoms with Crippen molar-refractivity contribution in [3.63, 3.8) is 0 Å². The van der Waals surface area contributed by atoms with Crippen molar-refractivity contribution in [2.24, 2.45) is 0 Å². The minimum absolute atomic E-state index is 0.582. The van der Waals surface area contributed by atoms with Gasteiger partial charge in [-0.15, -0.1) is 11.3 Å². The summed E-state index contributed by atoms with van der Waals surface area (Å²) < 4.78 is 6.94. The number of fused-ring (bicyclic) bond motifs is 1. The van der Waals surface area contributed by atoms with E-state index in [0.717, 1.165) is 39.5 Å². The molecule has 0 atom stereocenters. The van der Waals surface area contributed by atoms with E-state index in [2.05, 4.69) is 22.2 Å². The smallest absolute Gasteiger partial charge is 0.163 e. The third-order valence-electron chi connectivity index (χ3n) is 4.29. The van der Waals surface area contributed by atoms with Gasteiger partial charge in [-0.3, -0.25) is 4.98 Å². The molecule has 1 aromatic carbocycles. The quantitative estimate of drug-likeness (QED) is 0.493. The standard InChI is InChI=1S/C21H20N4OS/c1-15-14-27-19-18(15)23-20(16-7-6-10-22-13-16)24-21(19)25(2)11-12-26-17-8-4-3-5-9-17/h3-10,13-14H,11-12H2,1-2H3. The number of aryl methyl sites for hydroxylation is 1. The van der Waals surface area contributed by atoms with Crippen molar-refractivity contribution in [3.8, 4) is 17.1 Å². The lowest BCUT2D eigenvalue weighted by atomic mass is 10.2. The molecule has 6 heteroatoms. The molecule has 3 heterocycles. The maximum Gasteiger partial charge on any atom is 0.163 e. The van der Waals surface area contributed by atoms with E-state index in [1.807, 2.05) is 49.5 Å². The highest BCUT2D eigenvalue weighted by molar-refractivity contribution is 7.18. The minimum atomic E-state index is 0.582. The number of aromatic nitrogens is 3. The molecule has 27 heavy (non-hydrogen) atoms. The molecular weight excluding hydrogens is 356 g/mol. The molecule has 0 spiro atoms. The molecule has 0 saturated carbocycles. The van der Waals surface area contributed by atoms with Crippen molar-refractivity contribution in [3.05, 3.63) is 65.8 Å². The lowest BCUT2D eigenvalue weighted by molar-refractivity contribution is 0.326. The van der Waals surface area contributed by atoms with E-state index in [1.165, 1.54) is 0 Å². The molecule has 0 radical (unpaired) electrons. The van der Waals surface area contributed by atoms with Gasteiger partial charge in [0.05, 0.1) is 16.8 Å². The first-order valence-electron chi connectivity index (χ1n) is 8.77. The van der Waals surface area contributed by atoms with Gasteiger partial charge in [0.15, 0.2) is 11.6 Å². The molecule has 4 rings (SSSR count). The predicted octanol–water partition coefficient (Wildman–Crippen LogP) is 4.58. The van der Waals surface area contributed by atoms with E-state index in [4.69, 9.17) is 14.7 Å². The highest BCUT2D eigenvalue weighted by atomic mass is 32.1. The molecule has 0 amide bonds. The van der Waals surface area contributed by atoms with Gasteiger partial charge in [-0.25, -0.2) is 9.97 Å². The molecule has 0 bridgehead atoms. The molecule has 5 nitrogen and oxygen atoms in total. The number of benzene rings is 1. The largest absolute Gasteiger partial charge is 0.492 e. The average Bonchev–Trinajstić information content (AvgIpc) is 3.09. The van der Waals surface area contributed by atoms with E-state index < -0.39 is 0 Å². The third-order valence-corrected chi connectivity index (χ3v) is 5.38. The van der Waals surface area contributed by atoms with Crippen LogP contribution >= 0.6 is 11.3 Å². The normalized spacial score (nSPS) is 10.9. The summed E-state index contributed by atoms with van der Waals surface area (Å²) in [5.41, 5.74) is 3.08. The van der Waals surface area contributed by atoms with Crippen LogP contribution in [0.5, 0.6) is 5.75 Å². The fourth-order valence-corrected chi connectivity index (χ4v) is 3.85. The zero-order valence-corrected chi connectivity index (χ0v) is 16.1. The molecule has 136 valence electrons. The number of hydrogen-bond donors (Lipinski definition) is 0. The Hall–Kier alpha value is -2.99. The Morgan fingerprint density at radius 3 is 2.70 bits per heavy atom. The first kappa shape index (κ1) is 17.4. The van der Waals surface area contributed by atoms with Crippen LogP contribution in [0.3, 0.4) is 0 Å². The van der Waals surface area contributed by atoms with Gasteiger partial charge in [-0.2, -0.15) is 0 Å². The molecular formula is C21H20N4OS. The summed E-state index contributed by atoms with van der Waals surface area (Å²) in [5, 5.41) is 2.13. The summed E-state index contributed by atoms with van der Waals surface area (Å²) in [5.74, 6) is 2.50. The lowest BCUT2D eigenvalue weighted by Gasteiger charge is -2.20. The fourth-order valence-electron chi connectivity index (χ4n) is 2.82. The second-order valence-electron chi connectivity index (χ2n) is 6.29. The predicted molar refractivity (Wildman–Crippen MR) is 111 cm³/mol. The highest BCUT2D eigenvalue weighted by Crippen LogP contribution is 2.33. The van der Waals surface area contributed by atoms with Crippen LogP contribution in [0, 0.1) is 6.92 Å². The van der Waals surface area contributed by atoms with Crippen LogP contribution in [0.15, 0.2) is 60.2 Å². The summed E-state index contributed by atoms with van der Waals surface area (Å²) in [7, 11) is 2.04. The topological polar surface area (TPSA) is 51.1 Å². The van der Waals surface area contributed by atoms with Crippen LogP contribution in [-0.2, 0) is 0 Å².